The lowest BCUT2D eigenvalue weighted by Crippen LogP contribution is -2.34. The lowest BCUT2D eigenvalue weighted by atomic mass is 10.3. The number of halogens is 1. The number of hydrogen-bond donors (Lipinski definition) is 0. The summed E-state index contributed by atoms with van der Waals surface area (Å²) < 4.78 is 4.58. The van der Waals surface area contributed by atoms with Gasteiger partial charge >= 0.3 is 5.97 Å². The maximum absolute atomic E-state index is 11.1. The van der Waals surface area contributed by atoms with E-state index in [1.54, 1.807) is 0 Å². The summed E-state index contributed by atoms with van der Waals surface area (Å²) in [4.78, 5) is 12.8. The standard InChI is InChI=1S/C9H15BrN2O2/c1-3-12(6-4-5-11)7-8(10)9(13)14-2/h8H,3-4,6-7H2,1-2H3. The van der Waals surface area contributed by atoms with E-state index in [1.165, 1.54) is 7.11 Å². The molecule has 0 radical (unpaired) electrons. The number of carbonyl (C=O) groups is 1. The zero-order chi connectivity index (χ0) is 11.0. The first-order valence-electron chi connectivity index (χ1n) is 4.46. The molecular formula is C9H15BrN2O2. The molecule has 0 aliphatic heterocycles. The van der Waals surface area contributed by atoms with Crippen molar-refractivity contribution in [1.29, 1.82) is 5.26 Å². The Balaban J connectivity index is 3.92. The molecule has 0 spiro atoms. The number of methoxy groups -OCH3 is 1. The summed E-state index contributed by atoms with van der Waals surface area (Å²) in [5, 5.41) is 8.42. The van der Waals surface area contributed by atoms with Crippen molar-refractivity contribution in [2.45, 2.75) is 18.2 Å². The van der Waals surface area contributed by atoms with Gasteiger partial charge in [-0.05, 0) is 6.54 Å². The zero-order valence-corrected chi connectivity index (χ0v) is 10.1. The molecule has 0 N–H and O–H groups in total. The van der Waals surface area contributed by atoms with Crippen LogP contribution in [0.2, 0.25) is 0 Å². The number of nitrogens with zero attached hydrogens (tertiary/aromatic N) is 2. The van der Waals surface area contributed by atoms with E-state index in [0.717, 1.165) is 6.54 Å². The monoisotopic (exact) mass is 262 g/mol. The Bertz CT molecular complexity index is 215. The molecule has 0 aromatic carbocycles. The van der Waals surface area contributed by atoms with Crippen LogP contribution in [0.3, 0.4) is 0 Å². The van der Waals surface area contributed by atoms with Gasteiger partial charge in [-0.1, -0.05) is 22.9 Å². The molecule has 1 atom stereocenters. The van der Waals surface area contributed by atoms with Crippen LogP contribution in [-0.2, 0) is 9.53 Å². The van der Waals surface area contributed by atoms with Crippen LogP contribution in [0.1, 0.15) is 13.3 Å². The molecule has 0 saturated heterocycles. The van der Waals surface area contributed by atoms with E-state index >= 15 is 0 Å². The van der Waals surface area contributed by atoms with Gasteiger partial charge in [-0.2, -0.15) is 5.26 Å². The molecule has 0 bridgehead atoms. The molecule has 14 heavy (non-hydrogen) atoms. The third-order valence-corrected chi connectivity index (χ3v) is 2.53. The van der Waals surface area contributed by atoms with Crippen LogP contribution in [0, 0.1) is 11.3 Å². The van der Waals surface area contributed by atoms with Crippen molar-refractivity contribution in [3.63, 3.8) is 0 Å². The van der Waals surface area contributed by atoms with E-state index in [2.05, 4.69) is 26.7 Å². The first-order valence-corrected chi connectivity index (χ1v) is 5.38. The largest absolute Gasteiger partial charge is 0.468 e. The molecule has 80 valence electrons. The maximum atomic E-state index is 11.1. The van der Waals surface area contributed by atoms with Gasteiger partial charge in [-0.15, -0.1) is 0 Å². The summed E-state index contributed by atoms with van der Waals surface area (Å²) in [6.45, 7) is 4.08. The summed E-state index contributed by atoms with van der Waals surface area (Å²) in [7, 11) is 1.36. The number of ether oxygens (including phenoxy) is 1. The molecule has 0 saturated carbocycles. The number of carbonyl (C=O) groups excluding carboxylic acids is 1. The summed E-state index contributed by atoms with van der Waals surface area (Å²) in [5.41, 5.74) is 0. The third kappa shape index (κ3) is 5.20. The minimum absolute atomic E-state index is 0.277. The Labute approximate surface area is 93.0 Å². The Morgan fingerprint density at radius 2 is 2.36 bits per heavy atom. The molecule has 0 heterocycles. The highest BCUT2D eigenvalue weighted by molar-refractivity contribution is 9.10. The van der Waals surface area contributed by atoms with Gasteiger partial charge in [0.2, 0.25) is 0 Å². The molecule has 0 aromatic rings. The molecule has 0 aromatic heterocycles. The summed E-state index contributed by atoms with van der Waals surface area (Å²) in [6.07, 6.45) is 0.481. The van der Waals surface area contributed by atoms with Crippen molar-refractivity contribution in [2.24, 2.45) is 0 Å². The number of rotatable bonds is 6. The van der Waals surface area contributed by atoms with Gasteiger partial charge in [-0.3, -0.25) is 4.79 Å². The maximum Gasteiger partial charge on any atom is 0.320 e. The SMILES string of the molecule is CCN(CCC#N)CC(Br)C(=O)OC. The average Bonchev–Trinajstić information content (AvgIpc) is 2.22. The fraction of sp³-hybridized carbons (Fsp3) is 0.778. The molecule has 5 heteroatoms. The number of alkyl halides is 1. The van der Waals surface area contributed by atoms with Crippen molar-refractivity contribution in [3.8, 4) is 6.07 Å². The highest BCUT2D eigenvalue weighted by Gasteiger charge is 2.17. The van der Waals surface area contributed by atoms with E-state index in [4.69, 9.17) is 5.26 Å². The van der Waals surface area contributed by atoms with E-state index in [-0.39, 0.29) is 10.8 Å². The summed E-state index contributed by atoms with van der Waals surface area (Å²) in [5.74, 6) is -0.277. The fourth-order valence-corrected chi connectivity index (χ4v) is 1.61. The number of hydrogen-bond acceptors (Lipinski definition) is 4. The summed E-state index contributed by atoms with van der Waals surface area (Å²) >= 11 is 3.24. The van der Waals surface area contributed by atoms with E-state index < -0.39 is 0 Å². The van der Waals surface area contributed by atoms with Gasteiger partial charge in [-0.25, -0.2) is 0 Å². The van der Waals surface area contributed by atoms with E-state index in [0.29, 0.717) is 19.5 Å². The van der Waals surface area contributed by atoms with Crippen molar-refractivity contribution in [2.75, 3.05) is 26.7 Å². The first-order chi connectivity index (χ1) is 6.65. The van der Waals surface area contributed by atoms with Gasteiger partial charge in [0, 0.05) is 19.5 Å². The zero-order valence-electron chi connectivity index (χ0n) is 8.49. The second-order valence-electron chi connectivity index (χ2n) is 2.79. The topological polar surface area (TPSA) is 53.3 Å². The Morgan fingerprint density at radius 3 is 2.79 bits per heavy atom. The van der Waals surface area contributed by atoms with Crippen molar-refractivity contribution >= 4 is 21.9 Å². The fourth-order valence-electron chi connectivity index (χ4n) is 1.02. The van der Waals surface area contributed by atoms with Gasteiger partial charge in [0.05, 0.1) is 13.2 Å². The highest BCUT2D eigenvalue weighted by Crippen LogP contribution is 2.05. The Morgan fingerprint density at radius 1 is 1.71 bits per heavy atom. The Hall–Kier alpha value is -0.600. The normalized spacial score (nSPS) is 12.2. The predicted octanol–water partition coefficient (Wildman–Crippen LogP) is 1.16. The quantitative estimate of drug-likeness (QED) is 0.533. The van der Waals surface area contributed by atoms with Gasteiger partial charge < -0.3 is 9.64 Å². The molecule has 0 rings (SSSR count). The second-order valence-corrected chi connectivity index (χ2v) is 3.90. The minimum Gasteiger partial charge on any atom is -0.468 e. The Kier molecular flexibility index (Phi) is 7.44. The van der Waals surface area contributed by atoms with Crippen molar-refractivity contribution < 1.29 is 9.53 Å². The molecule has 0 amide bonds. The van der Waals surface area contributed by atoms with Crippen molar-refractivity contribution in [3.05, 3.63) is 0 Å². The van der Waals surface area contributed by atoms with Crippen LogP contribution in [0.4, 0.5) is 0 Å². The molecular weight excluding hydrogens is 248 g/mol. The molecule has 0 aliphatic rings. The van der Waals surface area contributed by atoms with Crippen LogP contribution in [0.5, 0.6) is 0 Å². The second kappa shape index (κ2) is 7.77. The van der Waals surface area contributed by atoms with Crippen LogP contribution in [-0.4, -0.2) is 42.4 Å². The van der Waals surface area contributed by atoms with Crippen LogP contribution < -0.4 is 0 Å². The van der Waals surface area contributed by atoms with Gasteiger partial charge in [0.1, 0.15) is 4.83 Å². The minimum atomic E-state index is -0.314. The van der Waals surface area contributed by atoms with Gasteiger partial charge in [0.25, 0.3) is 0 Å². The number of esters is 1. The lowest BCUT2D eigenvalue weighted by Gasteiger charge is -2.20. The van der Waals surface area contributed by atoms with E-state index in [1.807, 2.05) is 11.8 Å². The van der Waals surface area contributed by atoms with Crippen molar-refractivity contribution in [1.82, 2.24) is 4.90 Å². The lowest BCUT2D eigenvalue weighted by molar-refractivity contribution is -0.140. The third-order valence-electron chi connectivity index (χ3n) is 1.86. The average molecular weight is 263 g/mol. The predicted molar refractivity (Wildman–Crippen MR) is 57.1 cm³/mol. The molecule has 0 aliphatic carbocycles. The molecule has 4 nitrogen and oxygen atoms in total. The highest BCUT2D eigenvalue weighted by atomic mass is 79.9. The smallest absolute Gasteiger partial charge is 0.320 e. The van der Waals surface area contributed by atoms with E-state index in [9.17, 15) is 4.79 Å². The van der Waals surface area contributed by atoms with Crippen LogP contribution in [0.25, 0.3) is 0 Å². The number of nitriles is 1. The summed E-state index contributed by atoms with van der Waals surface area (Å²) in [6, 6.07) is 2.08. The van der Waals surface area contributed by atoms with Crippen LogP contribution in [0.15, 0.2) is 0 Å². The van der Waals surface area contributed by atoms with Crippen LogP contribution >= 0.6 is 15.9 Å². The molecule has 0 fully saturated rings. The molecule has 1 unspecified atom stereocenters. The first kappa shape index (κ1) is 13.4. The van der Waals surface area contributed by atoms with Gasteiger partial charge in [0.15, 0.2) is 0 Å².